The lowest BCUT2D eigenvalue weighted by Crippen LogP contribution is -2.13. The Bertz CT molecular complexity index is 880. The molecular weight excluding hydrogens is 364 g/mol. The van der Waals surface area contributed by atoms with Gasteiger partial charge in [-0.3, -0.25) is 4.98 Å². The van der Waals surface area contributed by atoms with Gasteiger partial charge in [0.05, 0.1) is 13.2 Å². The predicted octanol–water partition coefficient (Wildman–Crippen LogP) is 4.75. The number of ether oxygens (including phenoxy) is 3. The highest BCUT2D eigenvalue weighted by Crippen LogP contribution is 2.29. The summed E-state index contributed by atoms with van der Waals surface area (Å²) in [6.45, 7) is 6.02. The van der Waals surface area contributed by atoms with Gasteiger partial charge in [-0.2, -0.15) is 0 Å². The van der Waals surface area contributed by atoms with Crippen molar-refractivity contribution in [3.63, 3.8) is 0 Å². The van der Waals surface area contributed by atoms with Crippen molar-refractivity contribution in [1.29, 1.82) is 0 Å². The van der Waals surface area contributed by atoms with E-state index in [0.29, 0.717) is 6.61 Å². The predicted molar refractivity (Wildman–Crippen MR) is 114 cm³/mol. The van der Waals surface area contributed by atoms with Crippen molar-refractivity contribution < 1.29 is 14.2 Å². The van der Waals surface area contributed by atoms with Gasteiger partial charge in [-0.05, 0) is 55.3 Å². The normalized spacial score (nSPS) is 10.8. The fourth-order valence-electron chi connectivity index (χ4n) is 2.90. The van der Waals surface area contributed by atoms with Crippen LogP contribution in [0.25, 0.3) is 0 Å². The summed E-state index contributed by atoms with van der Waals surface area (Å²) >= 11 is 0. The molecule has 0 atom stereocenters. The monoisotopic (exact) mass is 392 g/mol. The van der Waals surface area contributed by atoms with Crippen LogP contribution in [-0.2, 0) is 19.7 Å². The zero-order valence-corrected chi connectivity index (χ0v) is 17.2. The molecule has 1 N–H and O–H groups in total. The molecule has 3 aromatic rings. The highest BCUT2D eigenvalue weighted by atomic mass is 16.5. The van der Waals surface area contributed by atoms with E-state index in [-0.39, 0.29) is 6.10 Å². The third kappa shape index (κ3) is 6.50. The van der Waals surface area contributed by atoms with Gasteiger partial charge in [-0.1, -0.05) is 24.3 Å². The van der Waals surface area contributed by atoms with Crippen molar-refractivity contribution in [3.05, 3.63) is 83.7 Å². The van der Waals surface area contributed by atoms with Gasteiger partial charge in [0.2, 0.25) is 0 Å². The molecule has 1 aromatic heterocycles. The molecule has 0 radical (unpaired) electrons. The molecule has 0 aliphatic carbocycles. The molecule has 0 saturated carbocycles. The molecule has 5 nitrogen and oxygen atoms in total. The highest BCUT2D eigenvalue weighted by Gasteiger charge is 2.07. The minimum absolute atomic E-state index is 0.184. The lowest BCUT2D eigenvalue weighted by atomic mass is 10.1. The molecule has 29 heavy (non-hydrogen) atoms. The van der Waals surface area contributed by atoms with Crippen LogP contribution in [0.4, 0.5) is 0 Å². The van der Waals surface area contributed by atoms with E-state index in [9.17, 15) is 0 Å². The maximum Gasteiger partial charge on any atom is 0.161 e. The molecule has 0 spiro atoms. The average Bonchev–Trinajstić information content (AvgIpc) is 2.74. The smallest absolute Gasteiger partial charge is 0.161 e. The lowest BCUT2D eigenvalue weighted by Gasteiger charge is -2.13. The first-order chi connectivity index (χ1) is 14.1. The van der Waals surface area contributed by atoms with E-state index < -0.39 is 0 Å². The Kier molecular flexibility index (Phi) is 7.47. The van der Waals surface area contributed by atoms with Crippen LogP contribution in [-0.4, -0.2) is 18.2 Å². The molecule has 0 saturated heterocycles. The number of aromatic nitrogens is 1. The summed E-state index contributed by atoms with van der Waals surface area (Å²) in [5.41, 5.74) is 3.36. The maximum absolute atomic E-state index is 5.96. The number of nitrogens with zero attached hydrogens (tertiary/aromatic N) is 1. The largest absolute Gasteiger partial charge is 0.493 e. The molecule has 0 aliphatic rings. The van der Waals surface area contributed by atoms with Gasteiger partial charge in [0.25, 0.3) is 0 Å². The van der Waals surface area contributed by atoms with Gasteiger partial charge < -0.3 is 19.5 Å². The van der Waals surface area contributed by atoms with Crippen LogP contribution < -0.4 is 19.5 Å². The summed E-state index contributed by atoms with van der Waals surface area (Å²) in [4.78, 5) is 4.12. The standard InChI is InChI=1S/C24H28N2O3/c1-18(2)29-22-9-6-19(7-10-22)14-26-15-20-8-11-23(27-3)24(13-20)28-17-21-5-4-12-25-16-21/h4-13,16,18,26H,14-15,17H2,1-3H3. The molecule has 152 valence electrons. The Morgan fingerprint density at radius 1 is 0.897 bits per heavy atom. The van der Waals surface area contributed by atoms with Crippen LogP contribution in [0.1, 0.15) is 30.5 Å². The van der Waals surface area contributed by atoms with Gasteiger partial charge >= 0.3 is 0 Å². The third-order valence-electron chi connectivity index (χ3n) is 4.30. The molecule has 3 rings (SSSR count). The second-order valence-corrected chi connectivity index (χ2v) is 7.05. The van der Waals surface area contributed by atoms with Crippen LogP contribution in [0.3, 0.4) is 0 Å². The van der Waals surface area contributed by atoms with Crippen LogP contribution in [0.5, 0.6) is 17.2 Å². The lowest BCUT2D eigenvalue weighted by molar-refractivity contribution is 0.242. The number of hydrogen-bond acceptors (Lipinski definition) is 5. The Morgan fingerprint density at radius 3 is 2.34 bits per heavy atom. The van der Waals surface area contributed by atoms with Gasteiger partial charge in [0.1, 0.15) is 12.4 Å². The van der Waals surface area contributed by atoms with Crippen LogP contribution in [0.15, 0.2) is 67.0 Å². The SMILES string of the molecule is COc1ccc(CNCc2ccc(OC(C)C)cc2)cc1OCc1cccnc1. The summed E-state index contributed by atoms with van der Waals surface area (Å²) in [7, 11) is 1.65. The first kappa shape index (κ1) is 20.7. The van der Waals surface area contributed by atoms with E-state index in [1.807, 2.05) is 56.3 Å². The summed E-state index contributed by atoms with van der Waals surface area (Å²) < 4.78 is 17.1. The van der Waals surface area contributed by atoms with E-state index in [4.69, 9.17) is 14.2 Å². The summed E-state index contributed by atoms with van der Waals surface area (Å²) in [5.74, 6) is 2.35. The first-order valence-corrected chi connectivity index (χ1v) is 9.79. The molecular formula is C24H28N2O3. The van der Waals surface area contributed by atoms with Crippen molar-refractivity contribution >= 4 is 0 Å². The second-order valence-electron chi connectivity index (χ2n) is 7.05. The van der Waals surface area contributed by atoms with Gasteiger partial charge in [-0.15, -0.1) is 0 Å². The number of nitrogens with one attached hydrogen (secondary N) is 1. The zero-order chi connectivity index (χ0) is 20.5. The average molecular weight is 392 g/mol. The van der Waals surface area contributed by atoms with Crippen molar-refractivity contribution in [2.45, 2.75) is 39.6 Å². The summed E-state index contributed by atoms with van der Waals surface area (Å²) in [6, 6.07) is 18.1. The van der Waals surface area contributed by atoms with Crippen molar-refractivity contribution in [2.24, 2.45) is 0 Å². The highest BCUT2D eigenvalue weighted by molar-refractivity contribution is 5.43. The molecule has 0 fully saturated rings. The van der Waals surface area contributed by atoms with Gasteiger partial charge in [0.15, 0.2) is 11.5 Å². The van der Waals surface area contributed by atoms with Crippen LogP contribution in [0.2, 0.25) is 0 Å². The number of hydrogen-bond donors (Lipinski definition) is 1. The van der Waals surface area contributed by atoms with E-state index >= 15 is 0 Å². The number of benzene rings is 2. The molecule has 0 amide bonds. The number of rotatable bonds is 10. The van der Waals surface area contributed by atoms with E-state index in [2.05, 4.69) is 22.4 Å². The second kappa shape index (κ2) is 10.5. The molecule has 0 bridgehead atoms. The van der Waals surface area contributed by atoms with Crippen LogP contribution in [0, 0.1) is 0 Å². The molecule has 2 aromatic carbocycles. The van der Waals surface area contributed by atoms with Crippen molar-refractivity contribution in [1.82, 2.24) is 10.3 Å². The van der Waals surface area contributed by atoms with Crippen molar-refractivity contribution in [3.8, 4) is 17.2 Å². The molecule has 1 heterocycles. The molecule has 0 unspecified atom stereocenters. The first-order valence-electron chi connectivity index (χ1n) is 9.79. The Labute approximate surface area is 172 Å². The zero-order valence-electron chi connectivity index (χ0n) is 17.2. The maximum atomic E-state index is 5.96. The minimum atomic E-state index is 0.184. The van der Waals surface area contributed by atoms with E-state index in [1.165, 1.54) is 5.56 Å². The number of methoxy groups -OCH3 is 1. The third-order valence-corrected chi connectivity index (χ3v) is 4.30. The van der Waals surface area contributed by atoms with Gasteiger partial charge in [0, 0.05) is 31.0 Å². The van der Waals surface area contributed by atoms with Crippen LogP contribution >= 0.6 is 0 Å². The summed E-state index contributed by atoms with van der Waals surface area (Å²) in [5, 5.41) is 3.47. The fourth-order valence-corrected chi connectivity index (χ4v) is 2.90. The molecule has 0 aliphatic heterocycles. The quantitative estimate of drug-likeness (QED) is 0.540. The Morgan fingerprint density at radius 2 is 1.66 bits per heavy atom. The topological polar surface area (TPSA) is 52.6 Å². The summed E-state index contributed by atoms with van der Waals surface area (Å²) in [6.07, 6.45) is 3.74. The van der Waals surface area contributed by atoms with E-state index in [0.717, 1.165) is 41.5 Å². The minimum Gasteiger partial charge on any atom is -0.493 e. The van der Waals surface area contributed by atoms with Gasteiger partial charge in [-0.25, -0.2) is 0 Å². The Balaban J connectivity index is 1.55. The van der Waals surface area contributed by atoms with Crippen molar-refractivity contribution in [2.75, 3.05) is 7.11 Å². The fraction of sp³-hybridized carbons (Fsp3) is 0.292. The Hall–Kier alpha value is -3.05. The molecule has 5 heteroatoms. The van der Waals surface area contributed by atoms with E-state index in [1.54, 1.807) is 19.5 Å². The number of pyridine rings is 1.